The average Bonchev–Trinajstić information content (AvgIpc) is 3.03. The van der Waals surface area contributed by atoms with E-state index >= 15 is 0 Å². The number of anilines is 2. The molecule has 6 nitrogen and oxygen atoms in total. The van der Waals surface area contributed by atoms with Gasteiger partial charge in [0.25, 0.3) is 0 Å². The minimum atomic E-state index is -0.250. The fourth-order valence-corrected chi connectivity index (χ4v) is 4.58. The standard InChI is InChI=1S/C24H22N2O4S/c1-15(27)16-6-8-17(9-7-16)25-22(28)14-31-19-12-10-18(11-13-19)26-23(29)20-4-2-3-5-21(20)24(26)30/h2-3,6-13,20-21H,4-5,14H2,1H3,(H,25,28). The van der Waals surface area contributed by atoms with Crippen LogP contribution in [0, 0.1) is 11.8 Å². The minimum Gasteiger partial charge on any atom is -0.325 e. The predicted molar refractivity (Wildman–Crippen MR) is 120 cm³/mol. The van der Waals surface area contributed by atoms with Crippen LogP contribution in [-0.4, -0.2) is 29.3 Å². The molecule has 3 amide bonds. The molecule has 1 aliphatic carbocycles. The van der Waals surface area contributed by atoms with Crippen LogP contribution in [-0.2, 0) is 14.4 Å². The summed E-state index contributed by atoms with van der Waals surface area (Å²) in [6.45, 7) is 1.50. The number of nitrogens with one attached hydrogen (secondary N) is 1. The third-order valence-corrected chi connectivity index (χ3v) is 6.56. The normalized spacial score (nSPS) is 20.0. The maximum absolute atomic E-state index is 12.7. The van der Waals surface area contributed by atoms with Crippen molar-refractivity contribution in [2.75, 3.05) is 16.0 Å². The van der Waals surface area contributed by atoms with Crippen LogP contribution in [0.5, 0.6) is 0 Å². The number of rotatable bonds is 6. The van der Waals surface area contributed by atoms with Crippen LogP contribution in [0.25, 0.3) is 0 Å². The Balaban J connectivity index is 1.33. The van der Waals surface area contributed by atoms with Gasteiger partial charge in [-0.2, -0.15) is 0 Å². The summed E-state index contributed by atoms with van der Waals surface area (Å²) < 4.78 is 0. The van der Waals surface area contributed by atoms with Gasteiger partial charge in [0, 0.05) is 16.1 Å². The van der Waals surface area contributed by atoms with Gasteiger partial charge < -0.3 is 5.32 Å². The van der Waals surface area contributed by atoms with Gasteiger partial charge in [-0.1, -0.05) is 12.2 Å². The molecule has 0 aromatic heterocycles. The maximum atomic E-state index is 12.7. The summed E-state index contributed by atoms with van der Waals surface area (Å²) in [6, 6.07) is 13.9. The highest BCUT2D eigenvalue weighted by Gasteiger charge is 2.47. The molecule has 1 N–H and O–H groups in total. The van der Waals surface area contributed by atoms with Gasteiger partial charge in [0.05, 0.1) is 23.3 Å². The van der Waals surface area contributed by atoms with E-state index in [-0.39, 0.29) is 41.1 Å². The predicted octanol–water partition coefficient (Wildman–Crippen LogP) is 4.08. The lowest BCUT2D eigenvalue weighted by atomic mass is 9.85. The van der Waals surface area contributed by atoms with Crippen molar-refractivity contribution in [1.29, 1.82) is 0 Å². The topological polar surface area (TPSA) is 83.6 Å². The van der Waals surface area contributed by atoms with Gasteiger partial charge in [-0.05, 0) is 68.3 Å². The smallest absolute Gasteiger partial charge is 0.238 e. The van der Waals surface area contributed by atoms with Gasteiger partial charge in [0.2, 0.25) is 17.7 Å². The molecule has 1 heterocycles. The molecule has 2 aliphatic rings. The van der Waals surface area contributed by atoms with E-state index in [4.69, 9.17) is 0 Å². The van der Waals surface area contributed by atoms with Crippen LogP contribution < -0.4 is 10.2 Å². The van der Waals surface area contributed by atoms with Crippen LogP contribution in [0.3, 0.4) is 0 Å². The van der Waals surface area contributed by atoms with Gasteiger partial charge in [-0.3, -0.25) is 24.1 Å². The molecule has 31 heavy (non-hydrogen) atoms. The zero-order valence-corrected chi connectivity index (χ0v) is 17.9. The van der Waals surface area contributed by atoms with Crippen LogP contribution in [0.1, 0.15) is 30.1 Å². The second-order valence-corrected chi connectivity index (χ2v) is 8.68. The summed E-state index contributed by atoms with van der Waals surface area (Å²) in [5.74, 6) is -0.731. The molecule has 2 aromatic carbocycles. The van der Waals surface area contributed by atoms with E-state index in [1.807, 2.05) is 24.3 Å². The first kappa shape index (κ1) is 21.1. The quantitative estimate of drug-likeness (QED) is 0.321. The first-order chi connectivity index (χ1) is 14.9. The first-order valence-corrected chi connectivity index (χ1v) is 11.1. The Morgan fingerprint density at radius 1 is 0.935 bits per heavy atom. The second-order valence-electron chi connectivity index (χ2n) is 7.63. The summed E-state index contributed by atoms with van der Waals surface area (Å²) in [7, 11) is 0. The van der Waals surface area contributed by atoms with E-state index < -0.39 is 0 Å². The number of thioether (sulfide) groups is 1. The summed E-state index contributed by atoms with van der Waals surface area (Å²) in [5.41, 5.74) is 1.80. The summed E-state index contributed by atoms with van der Waals surface area (Å²) in [5, 5.41) is 2.80. The number of hydrogen-bond donors (Lipinski definition) is 1. The molecule has 0 spiro atoms. The van der Waals surface area contributed by atoms with Gasteiger partial charge in [0.15, 0.2) is 5.78 Å². The van der Waals surface area contributed by atoms with Crippen molar-refractivity contribution in [3.8, 4) is 0 Å². The lowest BCUT2D eigenvalue weighted by Gasteiger charge is -2.15. The number of hydrogen-bond acceptors (Lipinski definition) is 5. The molecular weight excluding hydrogens is 412 g/mol. The summed E-state index contributed by atoms with van der Waals surface area (Å²) >= 11 is 1.36. The third-order valence-electron chi connectivity index (χ3n) is 5.55. The van der Waals surface area contributed by atoms with Crippen LogP contribution in [0.15, 0.2) is 65.6 Å². The first-order valence-electron chi connectivity index (χ1n) is 10.1. The number of allylic oxidation sites excluding steroid dienone is 2. The molecule has 0 saturated carbocycles. The Labute approximate surface area is 184 Å². The third kappa shape index (κ3) is 4.46. The number of carbonyl (C=O) groups is 4. The molecule has 1 aliphatic heterocycles. The molecule has 2 unspecified atom stereocenters. The number of Topliss-reactive ketones (excluding diaryl/α,β-unsaturated/α-hetero) is 1. The van der Waals surface area contributed by atoms with Gasteiger partial charge in [-0.15, -0.1) is 11.8 Å². The Morgan fingerprint density at radius 2 is 1.52 bits per heavy atom. The highest BCUT2D eigenvalue weighted by molar-refractivity contribution is 8.00. The van der Waals surface area contributed by atoms with Gasteiger partial charge >= 0.3 is 0 Å². The highest BCUT2D eigenvalue weighted by atomic mass is 32.2. The molecule has 0 radical (unpaired) electrons. The van der Waals surface area contributed by atoms with Crippen molar-refractivity contribution in [2.45, 2.75) is 24.7 Å². The molecular formula is C24H22N2O4S. The molecule has 4 rings (SSSR count). The van der Waals surface area contributed by atoms with E-state index in [1.54, 1.807) is 36.4 Å². The SMILES string of the molecule is CC(=O)c1ccc(NC(=O)CSc2ccc(N3C(=O)C4CC=CCC4C3=O)cc2)cc1. The fraction of sp³-hybridized carbons (Fsp3) is 0.250. The zero-order chi connectivity index (χ0) is 22.0. The Hall–Kier alpha value is -3.19. The number of benzene rings is 2. The number of nitrogens with zero attached hydrogens (tertiary/aromatic N) is 1. The van der Waals surface area contributed by atoms with Crippen LogP contribution in [0.2, 0.25) is 0 Å². The summed E-state index contributed by atoms with van der Waals surface area (Å²) in [6.07, 6.45) is 5.18. The van der Waals surface area contributed by atoms with Crippen molar-refractivity contribution in [2.24, 2.45) is 11.8 Å². The maximum Gasteiger partial charge on any atom is 0.238 e. The number of imide groups is 1. The van der Waals surface area contributed by atoms with E-state index in [0.29, 0.717) is 29.8 Å². The van der Waals surface area contributed by atoms with Crippen molar-refractivity contribution in [1.82, 2.24) is 0 Å². The van der Waals surface area contributed by atoms with E-state index in [0.717, 1.165) is 4.90 Å². The Kier molecular flexibility index (Phi) is 6.04. The minimum absolute atomic E-state index is 0.0235. The number of carbonyl (C=O) groups excluding carboxylic acids is 4. The van der Waals surface area contributed by atoms with E-state index in [1.165, 1.54) is 23.6 Å². The van der Waals surface area contributed by atoms with Gasteiger partial charge in [0.1, 0.15) is 0 Å². The van der Waals surface area contributed by atoms with Crippen molar-refractivity contribution in [3.05, 3.63) is 66.2 Å². The highest BCUT2D eigenvalue weighted by Crippen LogP contribution is 2.38. The average molecular weight is 435 g/mol. The fourth-order valence-electron chi connectivity index (χ4n) is 3.88. The molecule has 2 aromatic rings. The summed E-state index contributed by atoms with van der Waals surface area (Å²) in [4.78, 5) is 51.0. The number of amides is 3. The second kappa shape index (κ2) is 8.89. The molecule has 1 fully saturated rings. The van der Waals surface area contributed by atoms with Crippen LogP contribution >= 0.6 is 11.8 Å². The van der Waals surface area contributed by atoms with Crippen molar-refractivity contribution >= 4 is 46.6 Å². The lowest BCUT2D eigenvalue weighted by Crippen LogP contribution is -2.30. The van der Waals surface area contributed by atoms with Crippen molar-refractivity contribution in [3.63, 3.8) is 0 Å². The van der Waals surface area contributed by atoms with E-state index in [9.17, 15) is 19.2 Å². The number of ketones is 1. The zero-order valence-electron chi connectivity index (χ0n) is 17.0. The largest absolute Gasteiger partial charge is 0.325 e. The lowest BCUT2D eigenvalue weighted by molar-refractivity contribution is -0.122. The molecule has 158 valence electrons. The van der Waals surface area contributed by atoms with E-state index in [2.05, 4.69) is 5.32 Å². The van der Waals surface area contributed by atoms with Crippen LogP contribution in [0.4, 0.5) is 11.4 Å². The molecule has 0 bridgehead atoms. The Morgan fingerprint density at radius 3 is 2.06 bits per heavy atom. The monoisotopic (exact) mass is 434 g/mol. The molecule has 2 atom stereocenters. The van der Waals surface area contributed by atoms with Crippen molar-refractivity contribution < 1.29 is 19.2 Å². The van der Waals surface area contributed by atoms with Gasteiger partial charge in [-0.25, -0.2) is 0 Å². The Bertz CT molecular complexity index is 1030. The molecule has 1 saturated heterocycles. The molecule has 7 heteroatoms. The number of fused-ring (bicyclic) bond motifs is 1.